The van der Waals surface area contributed by atoms with Gasteiger partial charge in [0.15, 0.2) is 6.10 Å². The van der Waals surface area contributed by atoms with Gasteiger partial charge in [0, 0.05) is 19.3 Å². The van der Waals surface area contributed by atoms with Gasteiger partial charge in [0.1, 0.15) is 13.2 Å². The van der Waals surface area contributed by atoms with Crippen molar-refractivity contribution in [1.29, 1.82) is 0 Å². The van der Waals surface area contributed by atoms with Gasteiger partial charge in [0.2, 0.25) is 0 Å². The number of unbranched alkanes of at least 4 members (excludes halogenated alkanes) is 27. The molecule has 0 aliphatic carbocycles. The second-order valence-electron chi connectivity index (χ2n) is 21.3. The Kier molecular flexibility index (Phi) is 61.8. The van der Waals surface area contributed by atoms with Crippen LogP contribution < -0.4 is 0 Å². The van der Waals surface area contributed by atoms with Crippen molar-refractivity contribution < 1.29 is 28.6 Å². The highest BCUT2D eigenvalue weighted by atomic mass is 16.6. The summed E-state index contributed by atoms with van der Waals surface area (Å²) in [6, 6.07) is 0. The SMILES string of the molecule is CC/C=C\C/C=C\C/C=C\C/C=C\C/C=C\C/C=C\CCCCCCCCCCCCCCC(=O)OCC(COC(=O)CCCCCCCCCC)OC(=O)CCCCCCCCCC/C=C\C/C=C\C/C=C\C/C=C\CC. The molecule has 0 radical (unpaired) electrons. The average Bonchev–Trinajstić information content (AvgIpc) is 3.44. The molecule has 444 valence electrons. The van der Waals surface area contributed by atoms with Gasteiger partial charge in [-0.3, -0.25) is 14.4 Å². The molecule has 0 rings (SSSR count). The molecular formula is C72H120O6. The van der Waals surface area contributed by atoms with Crippen LogP contribution in [0.2, 0.25) is 0 Å². The number of carbonyl (C=O) groups is 3. The van der Waals surface area contributed by atoms with Gasteiger partial charge >= 0.3 is 17.9 Å². The highest BCUT2D eigenvalue weighted by molar-refractivity contribution is 5.71. The number of allylic oxidation sites excluding steroid dienone is 20. The van der Waals surface area contributed by atoms with Crippen molar-refractivity contribution in [3.63, 3.8) is 0 Å². The van der Waals surface area contributed by atoms with Crippen LogP contribution in [-0.2, 0) is 28.6 Å². The van der Waals surface area contributed by atoms with Gasteiger partial charge in [0.25, 0.3) is 0 Å². The summed E-state index contributed by atoms with van der Waals surface area (Å²) in [6.07, 6.45) is 90.8. The van der Waals surface area contributed by atoms with Crippen molar-refractivity contribution in [3.8, 4) is 0 Å². The summed E-state index contributed by atoms with van der Waals surface area (Å²) in [6.45, 7) is 6.39. The van der Waals surface area contributed by atoms with E-state index in [1.165, 1.54) is 128 Å². The number of esters is 3. The lowest BCUT2D eigenvalue weighted by Gasteiger charge is -2.18. The van der Waals surface area contributed by atoms with Crippen LogP contribution in [0.25, 0.3) is 0 Å². The van der Waals surface area contributed by atoms with E-state index in [1.54, 1.807) is 0 Å². The van der Waals surface area contributed by atoms with Crippen molar-refractivity contribution >= 4 is 17.9 Å². The third-order valence-electron chi connectivity index (χ3n) is 13.7. The Bertz CT molecular complexity index is 1620. The number of rotatable bonds is 58. The quantitative estimate of drug-likeness (QED) is 0.0261. The first-order chi connectivity index (χ1) is 38.5. The van der Waals surface area contributed by atoms with Crippen molar-refractivity contribution in [2.45, 2.75) is 303 Å². The molecule has 0 aromatic rings. The van der Waals surface area contributed by atoms with Crippen molar-refractivity contribution in [2.75, 3.05) is 13.2 Å². The predicted octanol–water partition coefficient (Wildman–Crippen LogP) is 22.4. The summed E-state index contributed by atoms with van der Waals surface area (Å²) in [4.78, 5) is 38.2. The molecule has 78 heavy (non-hydrogen) atoms. The maximum absolute atomic E-state index is 12.9. The van der Waals surface area contributed by atoms with Gasteiger partial charge in [-0.05, 0) is 109 Å². The molecular weight excluding hydrogens is 961 g/mol. The summed E-state index contributed by atoms with van der Waals surface area (Å²) in [5, 5.41) is 0. The summed E-state index contributed by atoms with van der Waals surface area (Å²) in [5.41, 5.74) is 0. The summed E-state index contributed by atoms with van der Waals surface area (Å²) >= 11 is 0. The van der Waals surface area contributed by atoms with Gasteiger partial charge in [-0.1, -0.05) is 290 Å². The van der Waals surface area contributed by atoms with Crippen LogP contribution >= 0.6 is 0 Å². The normalized spacial score (nSPS) is 12.9. The smallest absolute Gasteiger partial charge is 0.306 e. The number of hydrogen-bond donors (Lipinski definition) is 0. The van der Waals surface area contributed by atoms with Crippen LogP contribution in [0.4, 0.5) is 0 Å². The molecule has 0 N–H and O–H groups in total. The molecule has 0 aromatic carbocycles. The number of hydrogen-bond acceptors (Lipinski definition) is 6. The largest absolute Gasteiger partial charge is 0.462 e. The molecule has 0 aromatic heterocycles. The molecule has 6 nitrogen and oxygen atoms in total. The highest BCUT2D eigenvalue weighted by Crippen LogP contribution is 2.16. The Hall–Kier alpha value is -4.19. The molecule has 0 saturated heterocycles. The Morgan fingerprint density at radius 1 is 0.269 bits per heavy atom. The van der Waals surface area contributed by atoms with E-state index in [4.69, 9.17) is 14.2 Å². The first-order valence-corrected chi connectivity index (χ1v) is 32.5. The van der Waals surface area contributed by atoms with Gasteiger partial charge in [-0.2, -0.15) is 0 Å². The molecule has 0 amide bonds. The van der Waals surface area contributed by atoms with Crippen LogP contribution in [0.1, 0.15) is 297 Å². The van der Waals surface area contributed by atoms with E-state index in [1.807, 2.05) is 0 Å². The standard InChI is InChI=1S/C72H120O6/c1-4-7-10-13-16-19-21-23-25-27-29-31-32-33-34-35-36-37-38-39-40-42-43-45-47-49-51-53-56-59-62-65-71(74)77-68-69(67-76-70(73)64-61-58-55-18-15-12-9-6-3)78-72(75)66-63-60-57-54-52-50-48-46-44-41-30-28-26-24-22-20-17-14-11-8-5-2/h7-8,10-11,16-17,19-20,23-26,29-31,33-34,36-37,41,69H,4-6,9,12-15,18,21-22,27-28,32,35,38-40,42-68H2,1-3H3/b10-7-,11-8-,19-16-,20-17-,25-23-,26-24-,31-29-,34-33-,37-36-,41-30-. The molecule has 1 unspecified atom stereocenters. The second kappa shape index (κ2) is 65.3. The maximum Gasteiger partial charge on any atom is 0.306 e. The Morgan fingerprint density at radius 2 is 0.500 bits per heavy atom. The first-order valence-electron chi connectivity index (χ1n) is 32.5. The lowest BCUT2D eigenvalue weighted by Crippen LogP contribution is -2.30. The van der Waals surface area contributed by atoms with Gasteiger partial charge < -0.3 is 14.2 Å². The van der Waals surface area contributed by atoms with Crippen LogP contribution in [-0.4, -0.2) is 37.2 Å². The van der Waals surface area contributed by atoms with Gasteiger partial charge in [-0.15, -0.1) is 0 Å². The van der Waals surface area contributed by atoms with E-state index in [2.05, 4.69) is 142 Å². The second-order valence-corrected chi connectivity index (χ2v) is 21.3. The number of ether oxygens (including phenoxy) is 3. The third kappa shape index (κ3) is 62.7. The van der Waals surface area contributed by atoms with E-state index in [-0.39, 0.29) is 31.1 Å². The Balaban J connectivity index is 4.16. The van der Waals surface area contributed by atoms with E-state index in [9.17, 15) is 14.4 Å². The molecule has 0 heterocycles. The zero-order valence-electron chi connectivity index (χ0n) is 50.9. The van der Waals surface area contributed by atoms with Crippen molar-refractivity contribution in [1.82, 2.24) is 0 Å². The van der Waals surface area contributed by atoms with Gasteiger partial charge in [-0.25, -0.2) is 0 Å². The minimum absolute atomic E-state index is 0.0811. The Labute approximate surface area is 482 Å². The zero-order valence-corrected chi connectivity index (χ0v) is 50.9. The number of carbonyl (C=O) groups excluding carboxylic acids is 3. The molecule has 6 heteroatoms. The summed E-state index contributed by atoms with van der Waals surface area (Å²) in [7, 11) is 0. The molecule has 0 aliphatic rings. The van der Waals surface area contributed by atoms with Crippen LogP contribution in [0.3, 0.4) is 0 Å². The van der Waals surface area contributed by atoms with Gasteiger partial charge in [0.05, 0.1) is 0 Å². The average molecular weight is 1080 g/mol. The molecule has 0 fully saturated rings. The predicted molar refractivity (Wildman–Crippen MR) is 339 cm³/mol. The lowest BCUT2D eigenvalue weighted by molar-refractivity contribution is -0.167. The van der Waals surface area contributed by atoms with Crippen LogP contribution in [0, 0.1) is 0 Å². The van der Waals surface area contributed by atoms with E-state index in [0.29, 0.717) is 19.3 Å². The summed E-state index contributed by atoms with van der Waals surface area (Å²) in [5.74, 6) is -0.890. The summed E-state index contributed by atoms with van der Waals surface area (Å²) < 4.78 is 16.9. The molecule has 0 saturated carbocycles. The topological polar surface area (TPSA) is 78.9 Å². The highest BCUT2D eigenvalue weighted by Gasteiger charge is 2.19. The molecule has 0 aliphatic heterocycles. The molecule has 0 spiro atoms. The monoisotopic (exact) mass is 1080 g/mol. The maximum atomic E-state index is 12.9. The molecule has 1 atom stereocenters. The fourth-order valence-corrected chi connectivity index (χ4v) is 8.91. The molecule has 0 bridgehead atoms. The minimum atomic E-state index is -0.783. The van der Waals surface area contributed by atoms with E-state index >= 15 is 0 Å². The lowest BCUT2D eigenvalue weighted by atomic mass is 10.0. The minimum Gasteiger partial charge on any atom is -0.462 e. The zero-order chi connectivity index (χ0) is 56.4. The fourth-order valence-electron chi connectivity index (χ4n) is 8.91. The van der Waals surface area contributed by atoms with Crippen molar-refractivity contribution in [2.24, 2.45) is 0 Å². The Morgan fingerprint density at radius 3 is 0.782 bits per heavy atom. The first kappa shape index (κ1) is 73.8. The van der Waals surface area contributed by atoms with E-state index < -0.39 is 6.10 Å². The van der Waals surface area contributed by atoms with E-state index in [0.717, 1.165) is 128 Å². The van der Waals surface area contributed by atoms with Crippen LogP contribution in [0.5, 0.6) is 0 Å². The third-order valence-corrected chi connectivity index (χ3v) is 13.7. The van der Waals surface area contributed by atoms with Crippen molar-refractivity contribution in [3.05, 3.63) is 122 Å². The van der Waals surface area contributed by atoms with Crippen LogP contribution in [0.15, 0.2) is 122 Å². The fraction of sp³-hybridized carbons (Fsp3) is 0.681.